The van der Waals surface area contributed by atoms with Crippen LogP contribution in [-0.4, -0.2) is 82.3 Å². The van der Waals surface area contributed by atoms with Crippen LogP contribution in [-0.2, 0) is 30.4 Å². The van der Waals surface area contributed by atoms with Gasteiger partial charge in [-0.25, -0.2) is 4.79 Å². The van der Waals surface area contributed by atoms with Gasteiger partial charge in [0.05, 0.1) is 6.61 Å². The summed E-state index contributed by atoms with van der Waals surface area (Å²) >= 11 is 0. The molecule has 0 aliphatic rings. The zero-order valence-electron chi connectivity index (χ0n) is 19.9. The lowest BCUT2D eigenvalue weighted by molar-refractivity contribution is -0.142. The fraction of sp³-hybridized carbons (Fsp3) is 0.522. The molecule has 1 rings (SSSR count). The first-order valence-corrected chi connectivity index (χ1v) is 11.5. The molecule has 1 aromatic rings. The minimum atomic E-state index is -1.35. The summed E-state index contributed by atoms with van der Waals surface area (Å²) in [5.74, 6) is -4.95. The fourth-order valence-corrected chi connectivity index (χ4v) is 3.25. The lowest BCUT2D eigenvalue weighted by atomic mass is 10.0. The van der Waals surface area contributed by atoms with Crippen molar-refractivity contribution in [3.8, 4) is 0 Å². The maximum atomic E-state index is 13.0. The number of nitrogens with two attached hydrogens (primary N) is 2. The number of hydrogen-bond acceptors (Lipinski definition) is 8. The molecular weight excluding hydrogens is 474 g/mol. The van der Waals surface area contributed by atoms with Gasteiger partial charge < -0.3 is 42.7 Å². The number of carboxylic acids is 2. The molecule has 1 aromatic carbocycles. The predicted molar refractivity (Wildman–Crippen MR) is 128 cm³/mol. The van der Waals surface area contributed by atoms with Gasteiger partial charge in [0.15, 0.2) is 0 Å². The summed E-state index contributed by atoms with van der Waals surface area (Å²) in [5.41, 5.74) is 11.7. The molecule has 10 N–H and O–H groups in total. The molecule has 0 aliphatic heterocycles. The number of nitrogens with one attached hydrogen (secondary N) is 3. The van der Waals surface area contributed by atoms with Crippen LogP contribution in [0.3, 0.4) is 0 Å². The fourth-order valence-electron chi connectivity index (χ4n) is 3.25. The molecule has 0 heterocycles. The van der Waals surface area contributed by atoms with Gasteiger partial charge in [-0.15, -0.1) is 0 Å². The second-order valence-corrected chi connectivity index (χ2v) is 8.22. The summed E-state index contributed by atoms with van der Waals surface area (Å²) in [4.78, 5) is 60.7. The van der Waals surface area contributed by atoms with Gasteiger partial charge in [0, 0.05) is 12.8 Å². The number of carboxylic acid groups (broad SMARTS) is 2. The highest BCUT2D eigenvalue weighted by Crippen LogP contribution is 2.08. The minimum Gasteiger partial charge on any atom is -0.481 e. The first-order chi connectivity index (χ1) is 17.1. The molecule has 4 unspecified atom stereocenters. The average Bonchev–Trinajstić information content (AvgIpc) is 2.85. The Bertz CT molecular complexity index is 883. The molecule has 0 spiro atoms. The van der Waals surface area contributed by atoms with Crippen molar-refractivity contribution in [3.63, 3.8) is 0 Å². The van der Waals surface area contributed by atoms with Gasteiger partial charge in [-0.1, -0.05) is 30.3 Å². The molecule has 0 radical (unpaired) electrons. The second-order valence-electron chi connectivity index (χ2n) is 8.22. The lowest BCUT2D eigenvalue weighted by Crippen LogP contribution is -2.57. The van der Waals surface area contributed by atoms with Gasteiger partial charge in [-0.2, -0.15) is 0 Å². The molecule has 0 bridgehead atoms. The van der Waals surface area contributed by atoms with Gasteiger partial charge in [-0.3, -0.25) is 19.2 Å². The predicted octanol–water partition coefficient (Wildman–Crippen LogP) is -1.92. The van der Waals surface area contributed by atoms with Crippen molar-refractivity contribution in [1.82, 2.24) is 16.0 Å². The van der Waals surface area contributed by atoms with Crippen LogP contribution in [0.1, 0.15) is 37.7 Å². The van der Waals surface area contributed by atoms with Crippen LogP contribution in [0.15, 0.2) is 30.3 Å². The monoisotopic (exact) mass is 509 g/mol. The van der Waals surface area contributed by atoms with Crippen LogP contribution >= 0.6 is 0 Å². The van der Waals surface area contributed by atoms with Crippen LogP contribution in [0.5, 0.6) is 0 Å². The number of unbranched alkanes of at least 4 members (excludes halogenated alkanes) is 1. The molecular formula is C23H35N5O8. The van der Waals surface area contributed by atoms with E-state index in [-0.39, 0.29) is 19.3 Å². The third kappa shape index (κ3) is 11.3. The van der Waals surface area contributed by atoms with E-state index in [0.717, 1.165) is 0 Å². The standard InChI is InChI=1S/C23H35N5O8/c24-11-5-4-8-16(21(33)28-18(23(35)36)12-14-6-2-1-3-7-14)27-22(34)17(9-10-19(30)31)26-20(32)15(25)13-29/h1-3,6-7,15-18,29H,4-5,8-13,24-25H2,(H,26,32)(H,27,34)(H,28,33)(H,30,31)(H,35,36). The van der Waals surface area contributed by atoms with E-state index in [1.165, 1.54) is 0 Å². The summed E-state index contributed by atoms with van der Waals surface area (Å²) in [6.07, 6.45) is 0.357. The van der Waals surface area contributed by atoms with Crippen molar-refractivity contribution in [2.75, 3.05) is 13.2 Å². The molecule has 3 amide bonds. The number of aliphatic hydroxyl groups excluding tert-OH is 1. The zero-order chi connectivity index (χ0) is 27.1. The third-order valence-electron chi connectivity index (χ3n) is 5.29. The third-order valence-corrected chi connectivity index (χ3v) is 5.29. The number of aliphatic carboxylic acids is 2. The Balaban J connectivity index is 3.01. The summed E-state index contributed by atoms with van der Waals surface area (Å²) in [5, 5.41) is 34.8. The molecule has 13 heteroatoms. The first-order valence-electron chi connectivity index (χ1n) is 11.5. The van der Waals surface area contributed by atoms with Crippen LogP contribution in [0, 0.1) is 0 Å². The van der Waals surface area contributed by atoms with Gasteiger partial charge in [0.25, 0.3) is 0 Å². The van der Waals surface area contributed by atoms with Crippen molar-refractivity contribution in [2.24, 2.45) is 11.5 Å². The second kappa shape index (κ2) is 16.2. The molecule has 4 atom stereocenters. The quantitative estimate of drug-likeness (QED) is 0.108. The Morgan fingerprint density at radius 1 is 0.806 bits per heavy atom. The Kier molecular flexibility index (Phi) is 13.7. The number of aliphatic hydroxyl groups is 1. The molecule has 200 valence electrons. The van der Waals surface area contributed by atoms with Gasteiger partial charge in [0.1, 0.15) is 24.2 Å². The molecule has 36 heavy (non-hydrogen) atoms. The number of carbonyl (C=O) groups is 5. The van der Waals surface area contributed by atoms with Crippen molar-refractivity contribution < 1.29 is 39.3 Å². The van der Waals surface area contributed by atoms with E-state index in [4.69, 9.17) is 21.7 Å². The highest BCUT2D eigenvalue weighted by molar-refractivity contribution is 5.94. The van der Waals surface area contributed by atoms with E-state index in [9.17, 15) is 29.1 Å². The van der Waals surface area contributed by atoms with Gasteiger partial charge >= 0.3 is 11.9 Å². The summed E-state index contributed by atoms with van der Waals surface area (Å²) in [6, 6.07) is 3.56. The SMILES string of the molecule is NCCCCC(NC(=O)C(CCC(=O)O)NC(=O)C(N)CO)C(=O)NC(Cc1ccccc1)C(=O)O. The Morgan fingerprint density at radius 3 is 1.89 bits per heavy atom. The van der Waals surface area contributed by atoms with Crippen LogP contribution in [0.4, 0.5) is 0 Å². The summed E-state index contributed by atoms with van der Waals surface area (Å²) < 4.78 is 0. The van der Waals surface area contributed by atoms with E-state index in [2.05, 4.69) is 16.0 Å². The maximum Gasteiger partial charge on any atom is 0.326 e. The number of rotatable bonds is 17. The van der Waals surface area contributed by atoms with Crippen LogP contribution in [0.25, 0.3) is 0 Å². The normalized spacial score (nSPS) is 14.1. The van der Waals surface area contributed by atoms with Crippen molar-refractivity contribution in [2.45, 2.75) is 62.7 Å². The number of amides is 3. The number of hydrogen-bond donors (Lipinski definition) is 8. The molecule has 0 fully saturated rings. The largest absolute Gasteiger partial charge is 0.481 e. The molecule has 0 saturated carbocycles. The topological polar surface area (TPSA) is 234 Å². The highest BCUT2D eigenvalue weighted by Gasteiger charge is 2.30. The molecule has 0 saturated heterocycles. The highest BCUT2D eigenvalue weighted by atomic mass is 16.4. The zero-order valence-corrected chi connectivity index (χ0v) is 19.9. The first kappa shape index (κ1) is 30.5. The summed E-state index contributed by atoms with van der Waals surface area (Å²) in [6.45, 7) is -0.356. The van der Waals surface area contributed by atoms with E-state index < -0.39 is 66.9 Å². The Morgan fingerprint density at radius 2 is 1.36 bits per heavy atom. The van der Waals surface area contributed by atoms with Crippen molar-refractivity contribution in [1.29, 1.82) is 0 Å². The summed E-state index contributed by atoms with van der Waals surface area (Å²) in [7, 11) is 0. The maximum absolute atomic E-state index is 13.0. The molecule has 0 aromatic heterocycles. The minimum absolute atomic E-state index is 0.0156. The average molecular weight is 510 g/mol. The molecule has 13 nitrogen and oxygen atoms in total. The van der Waals surface area contributed by atoms with E-state index in [0.29, 0.717) is 24.9 Å². The van der Waals surface area contributed by atoms with E-state index in [1.807, 2.05) is 0 Å². The number of benzene rings is 1. The Labute approximate surface area is 208 Å². The van der Waals surface area contributed by atoms with E-state index in [1.54, 1.807) is 30.3 Å². The van der Waals surface area contributed by atoms with Crippen LogP contribution in [0.2, 0.25) is 0 Å². The lowest BCUT2D eigenvalue weighted by Gasteiger charge is -2.25. The van der Waals surface area contributed by atoms with Crippen molar-refractivity contribution in [3.05, 3.63) is 35.9 Å². The van der Waals surface area contributed by atoms with Gasteiger partial charge in [-0.05, 0) is 37.8 Å². The van der Waals surface area contributed by atoms with Gasteiger partial charge in [0.2, 0.25) is 17.7 Å². The van der Waals surface area contributed by atoms with Crippen molar-refractivity contribution >= 4 is 29.7 Å². The molecule has 0 aliphatic carbocycles. The Hall–Kier alpha value is -3.55. The van der Waals surface area contributed by atoms with Crippen LogP contribution < -0.4 is 27.4 Å². The van der Waals surface area contributed by atoms with E-state index >= 15 is 0 Å². The smallest absolute Gasteiger partial charge is 0.326 e. The number of carbonyl (C=O) groups excluding carboxylic acids is 3.